The molecule has 2 rings (SSSR count). The van der Waals surface area contributed by atoms with Gasteiger partial charge >= 0.3 is 0 Å². The van der Waals surface area contributed by atoms with Crippen molar-refractivity contribution in [3.8, 4) is 0 Å². The van der Waals surface area contributed by atoms with Crippen LogP contribution in [0.1, 0.15) is 71.5 Å². The summed E-state index contributed by atoms with van der Waals surface area (Å²) < 4.78 is 8.32. The molecule has 1 saturated carbocycles. The van der Waals surface area contributed by atoms with Gasteiger partial charge in [0.05, 0.1) is 12.7 Å². The smallest absolute Gasteiger partial charge is 0.191 e. The SMILES string of the molecule is CCNC(=NCCCc1nnc(SC)n1CC(C)C)NCCOC1CCCCCC1. The van der Waals surface area contributed by atoms with Crippen molar-refractivity contribution in [2.45, 2.75) is 89.9 Å². The van der Waals surface area contributed by atoms with Crippen LogP contribution in [0.2, 0.25) is 0 Å². The van der Waals surface area contributed by atoms with Crippen LogP contribution < -0.4 is 10.6 Å². The molecule has 0 spiro atoms. The number of nitrogens with zero attached hydrogens (tertiary/aromatic N) is 4. The van der Waals surface area contributed by atoms with Gasteiger partial charge in [0.25, 0.3) is 0 Å². The van der Waals surface area contributed by atoms with Crippen LogP contribution in [0.4, 0.5) is 0 Å². The van der Waals surface area contributed by atoms with Crippen LogP contribution in [-0.4, -0.2) is 59.3 Å². The van der Waals surface area contributed by atoms with Crippen molar-refractivity contribution in [2.24, 2.45) is 10.9 Å². The predicted molar refractivity (Wildman–Crippen MR) is 126 cm³/mol. The summed E-state index contributed by atoms with van der Waals surface area (Å²) in [6, 6.07) is 0. The average Bonchev–Trinajstić information content (AvgIpc) is 2.92. The minimum Gasteiger partial charge on any atom is -0.376 e. The summed E-state index contributed by atoms with van der Waals surface area (Å²) in [4.78, 5) is 4.72. The maximum Gasteiger partial charge on any atom is 0.191 e. The van der Waals surface area contributed by atoms with Crippen molar-refractivity contribution >= 4 is 17.7 Å². The van der Waals surface area contributed by atoms with Gasteiger partial charge in [-0.25, -0.2) is 0 Å². The number of hydrogen-bond acceptors (Lipinski definition) is 5. The van der Waals surface area contributed by atoms with Crippen LogP contribution in [0.15, 0.2) is 10.1 Å². The Balaban J connectivity index is 1.73. The lowest BCUT2D eigenvalue weighted by atomic mass is 10.1. The molecule has 0 atom stereocenters. The standard InChI is InChI=1S/C22H42N6OS/c1-5-23-21(25-15-16-29-19-11-8-6-7-9-12-19)24-14-10-13-20-26-27-22(30-4)28(20)17-18(2)3/h18-19H,5-17H2,1-4H3,(H2,23,24,25). The predicted octanol–water partition coefficient (Wildman–Crippen LogP) is 3.88. The van der Waals surface area contributed by atoms with E-state index in [0.29, 0.717) is 12.0 Å². The van der Waals surface area contributed by atoms with Crippen molar-refractivity contribution in [1.29, 1.82) is 0 Å². The quantitative estimate of drug-likeness (QED) is 0.170. The number of guanidine groups is 1. The third kappa shape index (κ3) is 9.25. The largest absolute Gasteiger partial charge is 0.376 e. The van der Waals surface area contributed by atoms with E-state index in [4.69, 9.17) is 9.73 Å². The molecule has 0 radical (unpaired) electrons. The minimum atomic E-state index is 0.447. The third-order valence-corrected chi connectivity index (χ3v) is 5.91. The highest BCUT2D eigenvalue weighted by atomic mass is 32.2. The van der Waals surface area contributed by atoms with Crippen molar-refractivity contribution in [1.82, 2.24) is 25.4 Å². The van der Waals surface area contributed by atoms with Gasteiger partial charge in [-0.3, -0.25) is 4.99 Å². The molecule has 1 fully saturated rings. The summed E-state index contributed by atoms with van der Waals surface area (Å²) in [6.07, 6.45) is 12.1. The number of rotatable bonds is 12. The van der Waals surface area contributed by atoms with Gasteiger partial charge in [-0.15, -0.1) is 10.2 Å². The molecule has 172 valence electrons. The van der Waals surface area contributed by atoms with Gasteiger partial charge in [0.15, 0.2) is 11.1 Å². The van der Waals surface area contributed by atoms with Crippen molar-refractivity contribution in [3.63, 3.8) is 0 Å². The molecule has 0 bridgehead atoms. The minimum absolute atomic E-state index is 0.447. The molecule has 0 aliphatic heterocycles. The Labute approximate surface area is 187 Å². The summed E-state index contributed by atoms with van der Waals surface area (Å²) in [5.41, 5.74) is 0. The van der Waals surface area contributed by atoms with Crippen LogP contribution >= 0.6 is 11.8 Å². The summed E-state index contributed by atoms with van der Waals surface area (Å²) in [6.45, 7) is 10.7. The van der Waals surface area contributed by atoms with Crippen LogP contribution in [0.5, 0.6) is 0 Å². The van der Waals surface area contributed by atoms with E-state index in [2.05, 4.69) is 52.4 Å². The monoisotopic (exact) mass is 438 g/mol. The van der Waals surface area contributed by atoms with Crippen LogP contribution in [0.25, 0.3) is 0 Å². The maximum absolute atomic E-state index is 6.07. The molecule has 1 aromatic heterocycles. The highest BCUT2D eigenvalue weighted by molar-refractivity contribution is 7.98. The fourth-order valence-corrected chi connectivity index (χ4v) is 4.30. The van der Waals surface area contributed by atoms with Crippen molar-refractivity contribution in [3.05, 3.63) is 5.82 Å². The number of ether oxygens (including phenoxy) is 1. The Bertz CT molecular complexity index is 611. The second-order valence-electron chi connectivity index (χ2n) is 8.38. The highest BCUT2D eigenvalue weighted by Crippen LogP contribution is 2.19. The molecule has 2 N–H and O–H groups in total. The van der Waals surface area contributed by atoms with Crippen LogP contribution in [0, 0.1) is 5.92 Å². The number of thioether (sulfide) groups is 1. The lowest BCUT2D eigenvalue weighted by molar-refractivity contribution is 0.0468. The first-order valence-corrected chi connectivity index (χ1v) is 13.0. The first-order chi connectivity index (χ1) is 14.6. The van der Waals surface area contributed by atoms with Gasteiger partial charge in [0.2, 0.25) is 0 Å². The maximum atomic E-state index is 6.07. The second-order valence-corrected chi connectivity index (χ2v) is 9.16. The Hall–Kier alpha value is -1.28. The van der Waals surface area contributed by atoms with E-state index in [1.807, 2.05) is 0 Å². The molecule has 1 heterocycles. The van der Waals surface area contributed by atoms with E-state index in [1.54, 1.807) is 11.8 Å². The summed E-state index contributed by atoms with van der Waals surface area (Å²) in [5.74, 6) is 2.52. The molecule has 1 aliphatic rings. The van der Waals surface area contributed by atoms with E-state index >= 15 is 0 Å². The lowest BCUT2D eigenvalue weighted by Crippen LogP contribution is -2.39. The molecule has 0 unspecified atom stereocenters. The second kappa shape index (κ2) is 14.7. The summed E-state index contributed by atoms with van der Waals surface area (Å²) >= 11 is 1.66. The zero-order valence-electron chi connectivity index (χ0n) is 19.5. The Kier molecular flexibility index (Phi) is 12.2. The van der Waals surface area contributed by atoms with Crippen LogP contribution in [0.3, 0.4) is 0 Å². The molecular formula is C22H42N6OS. The first kappa shape index (κ1) is 25.0. The molecule has 0 saturated heterocycles. The Morgan fingerprint density at radius 1 is 1.20 bits per heavy atom. The van der Waals surface area contributed by atoms with Gasteiger partial charge < -0.3 is 19.9 Å². The summed E-state index contributed by atoms with van der Waals surface area (Å²) in [5, 5.41) is 16.5. The number of hydrogen-bond donors (Lipinski definition) is 2. The lowest BCUT2D eigenvalue weighted by Gasteiger charge is -2.16. The van der Waals surface area contributed by atoms with Gasteiger partial charge in [0.1, 0.15) is 5.82 Å². The highest BCUT2D eigenvalue weighted by Gasteiger charge is 2.13. The Morgan fingerprint density at radius 2 is 1.97 bits per heavy atom. The average molecular weight is 439 g/mol. The van der Waals surface area contributed by atoms with E-state index in [9.17, 15) is 0 Å². The van der Waals surface area contributed by atoms with Crippen molar-refractivity contribution in [2.75, 3.05) is 32.5 Å². The van der Waals surface area contributed by atoms with Crippen LogP contribution in [-0.2, 0) is 17.7 Å². The molecule has 0 aromatic carbocycles. The number of nitrogens with one attached hydrogen (secondary N) is 2. The molecule has 7 nitrogen and oxygen atoms in total. The zero-order chi connectivity index (χ0) is 21.6. The number of aryl methyl sites for hydroxylation is 1. The van der Waals surface area contributed by atoms with Gasteiger partial charge in [-0.2, -0.15) is 0 Å². The first-order valence-electron chi connectivity index (χ1n) is 11.7. The molecule has 30 heavy (non-hydrogen) atoms. The van der Waals surface area contributed by atoms with Gasteiger partial charge in [-0.1, -0.05) is 51.3 Å². The van der Waals surface area contributed by atoms with E-state index in [0.717, 1.165) is 62.6 Å². The van der Waals surface area contributed by atoms with E-state index < -0.39 is 0 Å². The molecule has 8 heteroatoms. The fraction of sp³-hybridized carbons (Fsp3) is 0.864. The third-order valence-electron chi connectivity index (χ3n) is 5.25. The molecule has 1 aliphatic carbocycles. The van der Waals surface area contributed by atoms with E-state index in [1.165, 1.54) is 38.5 Å². The molecule has 1 aromatic rings. The Morgan fingerprint density at radius 3 is 2.63 bits per heavy atom. The van der Waals surface area contributed by atoms with Gasteiger partial charge in [0, 0.05) is 32.6 Å². The molecular weight excluding hydrogens is 396 g/mol. The summed E-state index contributed by atoms with van der Waals surface area (Å²) in [7, 11) is 0. The number of aromatic nitrogens is 3. The topological polar surface area (TPSA) is 76.4 Å². The fourth-order valence-electron chi connectivity index (χ4n) is 3.78. The van der Waals surface area contributed by atoms with E-state index in [-0.39, 0.29) is 0 Å². The normalized spacial score (nSPS) is 16.1. The molecule has 0 amide bonds. The zero-order valence-corrected chi connectivity index (χ0v) is 20.3. The number of aliphatic imine (C=N–C) groups is 1. The van der Waals surface area contributed by atoms with Gasteiger partial charge in [-0.05, 0) is 38.4 Å². The van der Waals surface area contributed by atoms with Crippen molar-refractivity contribution < 1.29 is 4.74 Å².